The average molecular weight is 262 g/mol. The van der Waals surface area contributed by atoms with Gasteiger partial charge >= 0.3 is 0 Å². The third-order valence-corrected chi connectivity index (χ3v) is 3.48. The topological polar surface area (TPSA) is 46.3 Å². The van der Waals surface area contributed by atoms with Crippen LogP contribution in [0.4, 0.5) is 0 Å². The van der Waals surface area contributed by atoms with Crippen molar-refractivity contribution in [1.82, 2.24) is 4.90 Å². The van der Waals surface area contributed by atoms with Crippen LogP contribution in [0, 0.1) is 19.3 Å². The molecule has 1 aromatic rings. The van der Waals surface area contributed by atoms with Gasteiger partial charge in [-0.1, -0.05) is 44.5 Å². The molecule has 0 bridgehead atoms. The van der Waals surface area contributed by atoms with Crippen molar-refractivity contribution in [3.05, 3.63) is 34.9 Å². The van der Waals surface area contributed by atoms with Gasteiger partial charge in [-0.05, 0) is 30.4 Å². The van der Waals surface area contributed by atoms with Crippen LogP contribution in [-0.2, 0) is 11.3 Å². The standard InChI is InChI=1S/C16H26N2O/c1-11-7-8-13(12(2)9-11)10-18(6)15(19)14(17)16(3,4)5/h7-9,14H,10,17H2,1-6H3/t14-/m0/s1. The summed E-state index contributed by atoms with van der Waals surface area (Å²) in [4.78, 5) is 14.0. The second-order valence-corrected chi connectivity index (χ2v) is 6.47. The van der Waals surface area contributed by atoms with Gasteiger partial charge in [0.05, 0.1) is 6.04 Å². The molecular formula is C16H26N2O. The fourth-order valence-corrected chi connectivity index (χ4v) is 1.96. The Morgan fingerprint density at radius 2 is 1.89 bits per heavy atom. The summed E-state index contributed by atoms with van der Waals surface area (Å²) in [5.74, 6) is -0.00697. The Bertz CT molecular complexity index is 460. The van der Waals surface area contributed by atoms with Crippen molar-refractivity contribution in [2.45, 2.75) is 47.2 Å². The molecule has 2 N–H and O–H groups in total. The van der Waals surface area contributed by atoms with Gasteiger partial charge in [-0.2, -0.15) is 0 Å². The maximum absolute atomic E-state index is 12.3. The molecule has 0 saturated carbocycles. The van der Waals surface area contributed by atoms with Gasteiger partial charge in [0.15, 0.2) is 0 Å². The number of nitrogens with two attached hydrogens (primary N) is 1. The zero-order valence-electron chi connectivity index (χ0n) is 12.9. The van der Waals surface area contributed by atoms with Crippen LogP contribution in [0.5, 0.6) is 0 Å². The highest BCUT2D eigenvalue weighted by atomic mass is 16.2. The number of aryl methyl sites for hydroxylation is 2. The minimum atomic E-state index is -0.469. The summed E-state index contributed by atoms with van der Waals surface area (Å²) < 4.78 is 0. The number of carbonyl (C=O) groups excluding carboxylic acids is 1. The maximum Gasteiger partial charge on any atom is 0.240 e. The lowest BCUT2D eigenvalue weighted by Crippen LogP contribution is -2.48. The average Bonchev–Trinajstić information content (AvgIpc) is 2.29. The lowest BCUT2D eigenvalue weighted by molar-refractivity contribution is -0.134. The first kappa shape index (κ1) is 15.7. The fraction of sp³-hybridized carbons (Fsp3) is 0.562. The number of hydrogen-bond donors (Lipinski definition) is 1. The highest BCUT2D eigenvalue weighted by molar-refractivity contribution is 5.82. The lowest BCUT2D eigenvalue weighted by atomic mass is 9.86. The van der Waals surface area contributed by atoms with E-state index in [4.69, 9.17) is 5.73 Å². The second kappa shape index (κ2) is 5.74. The van der Waals surface area contributed by atoms with E-state index < -0.39 is 6.04 Å². The summed E-state index contributed by atoms with van der Waals surface area (Å²) >= 11 is 0. The lowest BCUT2D eigenvalue weighted by Gasteiger charge is -2.30. The molecule has 0 aromatic heterocycles. The van der Waals surface area contributed by atoms with E-state index in [1.54, 1.807) is 4.90 Å². The van der Waals surface area contributed by atoms with E-state index >= 15 is 0 Å². The maximum atomic E-state index is 12.3. The van der Waals surface area contributed by atoms with Crippen LogP contribution in [0.25, 0.3) is 0 Å². The van der Waals surface area contributed by atoms with E-state index in [0.717, 1.165) is 0 Å². The number of amides is 1. The molecular weight excluding hydrogens is 236 g/mol. The molecule has 1 aromatic carbocycles. The summed E-state index contributed by atoms with van der Waals surface area (Å²) in [6.07, 6.45) is 0. The van der Waals surface area contributed by atoms with Crippen molar-refractivity contribution in [3.8, 4) is 0 Å². The highest BCUT2D eigenvalue weighted by Crippen LogP contribution is 2.20. The van der Waals surface area contributed by atoms with Crippen LogP contribution in [0.2, 0.25) is 0 Å². The number of hydrogen-bond acceptors (Lipinski definition) is 2. The van der Waals surface area contributed by atoms with Crippen molar-refractivity contribution in [1.29, 1.82) is 0 Å². The Balaban J connectivity index is 2.79. The van der Waals surface area contributed by atoms with E-state index in [9.17, 15) is 4.79 Å². The molecule has 106 valence electrons. The van der Waals surface area contributed by atoms with Crippen LogP contribution in [0.3, 0.4) is 0 Å². The quantitative estimate of drug-likeness (QED) is 0.910. The SMILES string of the molecule is Cc1ccc(CN(C)C(=O)[C@H](N)C(C)(C)C)c(C)c1. The van der Waals surface area contributed by atoms with Gasteiger partial charge < -0.3 is 10.6 Å². The first-order chi connectivity index (χ1) is 8.62. The largest absolute Gasteiger partial charge is 0.340 e. The molecule has 0 fully saturated rings. The third kappa shape index (κ3) is 4.06. The van der Waals surface area contributed by atoms with E-state index in [-0.39, 0.29) is 11.3 Å². The first-order valence-corrected chi connectivity index (χ1v) is 6.69. The Morgan fingerprint density at radius 1 is 1.32 bits per heavy atom. The molecule has 0 aliphatic heterocycles. The van der Waals surface area contributed by atoms with Gasteiger partial charge in [-0.15, -0.1) is 0 Å². The third-order valence-electron chi connectivity index (χ3n) is 3.48. The van der Waals surface area contributed by atoms with Crippen LogP contribution in [0.15, 0.2) is 18.2 Å². The Hall–Kier alpha value is -1.35. The van der Waals surface area contributed by atoms with Gasteiger partial charge in [0.2, 0.25) is 5.91 Å². The molecule has 3 heteroatoms. The zero-order valence-corrected chi connectivity index (χ0v) is 12.9. The van der Waals surface area contributed by atoms with E-state index in [1.807, 2.05) is 27.8 Å². The highest BCUT2D eigenvalue weighted by Gasteiger charge is 2.29. The summed E-state index contributed by atoms with van der Waals surface area (Å²) in [7, 11) is 1.81. The van der Waals surface area contributed by atoms with Crippen LogP contribution < -0.4 is 5.73 Å². The van der Waals surface area contributed by atoms with E-state index in [2.05, 4.69) is 32.0 Å². The molecule has 0 spiro atoms. The molecule has 19 heavy (non-hydrogen) atoms. The number of nitrogens with zero attached hydrogens (tertiary/aromatic N) is 1. The Morgan fingerprint density at radius 3 is 2.37 bits per heavy atom. The molecule has 3 nitrogen and oxygen atoms in total. The van der Waals surface area contributed by atoms with Gasteiger partial charge in [0.25, 0.3) is 0 Å². The van der Waals surface area contributed by atoms with E-state index in [0.29, 0.717) is 6.54 Å². The number of rotatable bonds is 3. The van der Waals surface area contributed by atoms with E-state index in [1.165, 1.54) is 16.7 Å². The smallest absolute Gasteiger partial charge is 0.240 e. The molecule has 1 atom stereocenters. The fourth-order valence-electron chi connectivity index (χ4n) is 1.96. The number of likely N-dealkylation sites (N-methyl/N-ethyl adjacent to an activating group) is 1. The molecule has 0 aliphatic carbocycles. The van der Waals surface area contributed by atoms with Gasteiger partial charge in [0, 0.05) is 13.6 Å². The van der Waals surface area contributed by atoms with Crippen molar-refractivity contribution >= 4 is 5.91 Å². The second-order valence-electron chi connectivity index (χ2n) is 6.47. The molecule has 0 heterocycles. The zero-order chi connectivity index (χ0) is 14.8. The van der Waals surface area contributed by atoms with Crippen molar-refractivity contribution in [2.75, 3.05) is 7.05 Å². The Kier molecular flexibility index (Phi) is 4.75. The minimum absolute atomic E-state index is 0.00697. The van der Waals surface area contributed by atoms with Crippen molar-refractivity contribution < 1.29 is 4.79 Å². The molecule has 0 aliphatic rings. The van der Waals surface area contributed by atoms with Crippen LogP contribution >= 0.6 is 0 Å². The van der Waals surface area contributed by atoms with Crippen molar-refractivity contribution in [2.24, 2.45) is 11.1 Å². The van der Waals surface area contributed by atoms with Crippen LogP contribution in [-0.4, -0.2) is 23.9 Å². The normalized spacial score (nSPS) is 13.2. The predicted molar refractivity (Wildman–Crippen MR) is 79.8 cm³/mol. The summed E-state index contributed by atoms with van der Waals surface area (Å²) in [5, 5.41) is 0. The summed E-state index contributed by atoms with van der Waals surface area (Å²) in [6.45, 7) is 10.7. The first-order valence-electron chi connectivity index (χ1n) is 6.69. The molecule has 0 radical (unpaired) electrons. The van der Waals surface area contributed by atoms with Crippen LogP contribution in [0.1, 0.15) is 37.5 Å². The molecule has 1 rings (SSSR count). The Labute approximate surface area is 116 Å². The molecule has 0 unspecified atom stereocenters. The van der Waals surface area contributed by atoms with Crippen molar-refractivity contribution in [3.63, 3.8) is 0 Å². The molecule has 0 saturated heterocycles. The monoisotopic (exact) mass is 262 g/mol. The number of benzene rings is 1. The van der Waals surface area contributed by atoms with Gasteiger partial charge in [-0.3, -0.25) is 4.79 Å². The summed E-state index contributed by atoms with van der Waals surface area (Å²) in [5.41, 5.74) is 9.42. The molecule has 1 amide bonds. The van der Waals surface area contributed by atoms with Gasteiger partial charge in [0.1, 0.15) is 0 Å². The van der Waals surface area contributed by atoms with Gasteiger partial charge in [-0.25, -0.2) is 0 Å². The predicted octanol–water partition coefficient (Wildman–Crippen LogP) is 2.64. The number of carbonyl (C=O) groups is 1. The summed E-state index contributed by atoms with van der Waals surface area (Å²) in [6, 6.07) is 5.82. The minimum Gasteiger partial charge on any atom is -0.340 e.